The zero-order valence-electron chi connectivity index (χ0n) is 18.9. The molecule has 2 N–H and O–H groups in total. The number of rotatable bonds is 5. The van der Waals surface area contributed by atoms with Crippen LogP contribution in [-0.4, -0.2) is 55.9 Å². The number of nitrogens with one attached hydrogen (secondary N) is 2. The number of benzene rings is 1. The zero-order chi connectivity index (χ0) is 22.9. The lowest BCUT2D eigenvalue weighted by Crippen LogP contribution is -2.43. The van der Waals surface area contributed by atoms with Crippen LogP contribution in [-0.2, 0) is 7.05 Å². The Morgan fingerprint density at radius 1 is 1.06 bits per heavy atom. The molecule has 0 atom stereocenters. The van der Waals surface area contributed by atoms with Gasteiger partial charge in [0.05, 0.1) is 24.1 Å². The third-order valence-electron chi connectivity index (χ3n) is 5.76. The van der Waals surface area contributed by atoms with Gasteiger partial charge in [0.2, 0.25) is 5.95 Å². The number of nitrogens with zero attached hydrogens (tertiary/aromatic N) is 7. The van der Waals surface area contributed by atoms with Crippen LogP contribution >= 0.6 is 0 Å². The van der Waals surface area contributed by atoms with Gasteiger partial charge in [0.25, 0.3) is 0 Å². The predicted molar refractivity (Wildman–Crippen MR) is 126 cm³/mol. The van der Waals surface area contributed by atoms with Crippen LogP contribution < -0.4 is 15.5 Å². The molecule has 5 rings (SSSR count). The molecule has 1 aromatic carbocycles. The normalized spacial score (nSPS) is 14.3. The second-order valence-corrected chi connectivity index (χ2v) is 8.41. The number of piperazine rings is 1. The smallest absolute Gasteiger partial charge is 0.229 e. The van der Waals surface area contributed by atoms with E-state index in [4.69, 9.17) is 0 Å². The number of aromatic nitrogens is 6. The first-order valence-corrected chi connectivity index (χ1v) is 11.0. The highest BCUT2D eigenvalue weighted by atomic mass is 19.1. The molecule has 10 heteroatoms. The highest BCUT2D eigenvalue weighted by Crippen LogP contribution is 2.30. The molecule has 9 nitrogen and oxygen atoms in total. The Kier molecular flexibility index (Phi) is 5.59. The van der Waals surface area contributed by atoms with E-state index >= 15 is 0 Å². The molecule has 0 unspecified atom stereocenters. The molecule has 0 saturated carbocycles. The molecular formula is C23H26FN9. The quantitative estimate of drug-likeness (QED) is 0.481. The summed E-state index contributed by atoms with van der Waals surface area (Å²) in [5.74, 6) is 1.37. The highest BCUT2D eigenvalue weighted by Gasteiger charge is 2.16. The van der Waals surface area contributed by atoms with Gasteiger partial charge in [-0.25, -0.2) is 24.3 Å². The lowest BCUT2D eigenvalue weighted by molar-refractivity contribution is 0.584. The molecule has 0 spiro atoms. The van der Waals surface area contributed by atoms with Crippen molar-refractivity contribution >= 4 is 28.5 Å². The average Bonchev–Trinajstić information content (AvgIpc) is 3.16. The van der Waals surface area contributed by atoms with Crippen molar-refractivity contribution in [2.45, 2.75) is 19.8 Å². The minimum Gasteiger partial charge on any atom is -0.353 e. The fourth-order valence-corrected chi connectivity index (χ4v) is 4.24. The molecule has 1 aliphatic heterocycles. The summed E-state index contributed by atoms with van der Waals surface area (Å²) in [4.78, 5) is 19.6. The summed E-state index contributed by atoms with van der Waals surface area (Å²) in [6.07, 6.45) is 4.53. The number of aryl methyl sites for hydroxylation is 1. The van der Waals surface area contributed by atoms with Crippen LogP contribution in [0.5, 0.6) is 0 Å². The maximum atomic E-state index is 14.7. The van der Waals surface area contributed by atoms with Crippen LogP contribution in [0, 0.1) is 5.82 Å². The van der Waals surface area contributed by atoms with Crippen LogP contribution in [0.1, 0.15) is 25.5 Å². The minimum absolute atomic E-state index is 0.221. The van der Waals surface area contributed by atoms with Crippen LogP contribution in [0.25, 0.3) is 22.2 Å². The first-order chi connectivity index (χ1) is 16.0. The van der Waals surface area contributed by atoms with E-state index in [9.17, 15) is 4.39 Å². The molecule has 4 heterocycles. The Balaban J connectivity index is 1.42. The Bertz CT molecular complexity index is 1280. The fraction of sp³-hybridized carbons (Fsp3) is 0.348. The fourth-order valence-electron chi connectivity index (χ4n) is 4.24. The van der Waals surface area contributed by atoms with Gasteiger partial charge in [-0.05, 0) is 18.1 Å². The predicted octanol–water partition coefficient (Wildman–Crippen LogP) is 3.24. The van der Waals surface area contributed by atoms with Crippen molar-refractivity contribution in [1.82, 2.24) is 35.0 Å². The Morgan fingerprint density at radius 3 is 2.61 bits per heavy atom. The van der Waals surface area contributed by atoms with Gasteiger partial charge in [0.1, 0.15) is 11.5 Å². The minimum atomic E-state index is -0.491. The summed E-state index contributed by atoms with van der Waals surface area (Å²) in [6, 6.07) is 5.66. The Morgan fingerprint density at radius 2 is 1.88 bits per heavy atom. The number of fused-ring (bicyclic) bond motifs is 1. The van der Waals surface area contributed by atoms with Crippen molar-refractivity contribution in [2.24, 2.45) is 7.05 Å². The zero-order valence-corrected chi connectivity index (χ0v) is 18.9. The van der Waals surface area contributed by atoms with Crippen molar-refractivity contribution < 1.29 is 4.39 Å². The molecule has 1 saturated heterocycles. The molecular weight excluding hydrogens is 421 g/mol. The van der Waals surface area contributed by atoms with E-state index in [2.05, 4.69) is 54.4 Å². The van der Waals surface area contributed by atoms with E-state index in [1.54, 1.807) is 12.4 Å². The second kappa shape index (κ2) is 8.70. The van der Waals surface area contributed by atoms with Crippen LogP contribution in [0.4, 0.5) is 22.0 Å². The maximum Gasteiger partial charge on any atom is 0.229 e. The van der Waals surface area contributed by atoms with Gasteiger partial charge in [0.15, 0.2) is 11.6 Å². The van der Waals surface area contributed by atoms with E-state index in [0.29, 0.717) is 11.4 Å². The molecule has 0 bridgehead atoms. The standard InChI is InChI=1S/C23H26FN9/c1-14(2)22-16-10-15(4-5-18(16)31-32(22)3)21-17(24)11-28-23(30-21)29-19-12-27-20(13-26-19)33-8-6-25-7-9-33/h4-5,10-14,25H,6-9H2,1-3H3,(H,26,28,29,30). The summed E-state index contributed by atoms with van der Waals surface area (Å²) in [5, 5.41) is 11.9. The van der Waals surface area contributed by atoms with E-state index in [1.807, 2.05) is 29.9 Å². The lowest BCUT2D eigenvalue weighted by Gasteiger charge is -2.28. The van der Waals surface area contributed by atoms with Gasteiger partial charge < -0.3 is 15.5 Å². The Labute approximate surface area is 191 Å². The van der Waals surface area contributed by atoms with Crippen molar-refractivity contribution in [3.05, 3.63) is 48.3 Å². The van der Waals surface area contributed by atoms with Gasteiger partial charge in [-0.3, -0.25) is 4.68 Å². The molecule has 0 amide bonds. The lowest BCUT2D eigenvalue weighted by atomic mass is 10.0. The molecule has 1 fully saturated rings. The summed E-state index contributed by atoms with van der Waals surface area (Å²) in [6.45, 7) is 7.88. The summed E-state index contributed by atoms with van der Waals surface area (Å²) >= 11 is 0. The first-order valence-electron chi connectivity index (χ1n) is 11.0. The molecule has 0 aliphatic carbocycles. The highest BCUT2D eigenvalue weighted by molar-refractivity contribution is 5.86. The van der Waals surface area contributed by atoms with Crippen molar-refractivity contribution in [1.29, 1.82) is 0 Å². The SMILES string of the molecule is CC(C)c1c2cc(-c3nc(Nc4cnc(N5CCNCC5)cn4)ncc3F)ccc2nn1C. The van der Waals surface area contributed by atoms with E-state index in [1.165, 1.54) is 6.20 Å². The van der Waals surface area contributed by atoms with Gasteiger partial charge in [-0.2, -0.15) is 5.10 Å². The monoisotopic (exact) mass is 447 g/mol. The number of hydrogen-bond acceptors (Lipinski definition) is 8. The van der Waals surface area contributed by atoms with Crippen molar-refractivity contribution in [3.63, 3.8) is 0 Å². The van der Waals surface area contributed by atoms with E-state index < -0.39 is 5.82 Å². The van der Waals surface area contributed by atoms with Crippen molar-refractivity contribution in [2.75, 3.05) is 36.4 Å². The van der Waals surface area contributed by atoms with Crippen molar-refractivity contribution in [3.8, 4) is 11.3 Å². The van der Waals surface area contributed by atoms with E-state index in [-0.39, 0.29) is 17.6 Å². The van der Waals surface area contributed by atoms with Gasteiger partial charge in [0, 0.05) is 49.9 Å². The largest absolute Gasteiger partial charge is 0.353 e. The summed E-state index contributed by atoms with van der Waals surface area (Å²) in [7, 11) is 1.93. The second-order valence-electron chi connectivity index (χ2n) is 8.41. The van der Waals surface area contributed by atoms with Crippen LogP contribution in [0.15, 0.2) is 36.8 Å². The van der Waals surface area contributed by atoms with Crippen LogP contribution in [0.2, 0.25) is 0 Å². The molecule has 33 heavy (non-hydrogen) atoms. The van der Waals surface area contributed by atoms with Gasteiger partial charge >= 0.3 is 0 Å². The van der Waals surface area contributed by atoms with E-state index in [0.717, 1.165) is 48.6 Å². The van der Waals surface area contributed by atoms with Gasteiger partial charge in [-0.1, -0.05) is 19.9 Å². The Hall–Kier alpha value is -3.66. The summed E-state index contributed by atoms with van der Waals surface area (Å²) < 4.78 is 16.6. The first kappa shape index (κ1) is 21.2. The van der Waals surface area contributed by atoms with Crippen LogP contribution in [0.3, 0.4) is 0 Å². The maximum absolute atomic E-state index is 14.7. The summed E-state index contributed by atoms with van der Waals surface area (Å²) in [5.41, 5.74) is 2.86. The average molecular weight is 448 g/mol. The molecule has 170 valence electrons. The topological polar surface area (TPSA) is 96.7 Å². The molecule has 4 aromatic rings. The number of anilines is 3. The third kappa shape index (κ3) is 4.21. The molecule has 0 radical (unpaired) electrons. The molecule has 1 aliphatic rings. The molecule has 3 aromatic heterocycles. The number of halogens is 1. The third-order valence-corrected chi connectivity index (χ3v) is 5.76. The number of hydrogen-bond donors (Lipinski definition) is 2. The van der Waals surface area contributed by atoms with Gasteiger partial charge in [-0.15, -0.1) is 0 Å².